The Balaban J connectivity index is 2.14. The number of aryl methyl sites for hydroxylation is 1. The summed E-state index contributed by atoms with van der Waals surface area (Å²) in [6, 6.07) is 6.23. The van der Waals surface area contributed by atoms with Gasteiger partial charge in [-0.25, -0.2) is 0 Å². The Morgan fingerprint density at radius 3 is 2.81 bits per heavy atom. The molecule has 1 aromatic carbocycles. The van der Waals surface area contributed by atoms with Crippen molar-refractivity contribution >= 4 is 33.0 Å². The number of rotatable bonds is 5. The average molecular weight is 305 g/mol. The van der Waals surface area contributed by atoms with Crippen LogP contribution in [0.5, 0.6) is 0 Å². The highest BCUT2D eigenvalue weighted by Crippen LogP contribution is 2.34. The zero-order valence-electron chi connectivity index (χ0n) is 13.1. The van der Waals surface area contributed by atoms with Crippen LogP contribution in [-0.2, 0) is 0 Å². The fourth-order valence-corrected chi connectivity index (χ4v) is 3.22. The maximum Gasteiger partial charge on any atom is 0.263 e. The Morgan fingerprint density at radius 2 is 2.14 bits per heavy atom. The summed E-state index contributed by atoms with van der Waals surface area (Å²) in [6.07, 6.45) is 0.919. The van der Waals surface area contributed by atoms with E-state index < -0.39 is 0 Å². The number of anilines is 1. The lowest BCUT2D eigenvalue weighted by Gasteiger charge is -2.16. The van der Waals surface area contributed by atoms with E-state index in [9.17, 15) is 4.79 Å². The maximum atomic E-state index is 12.4. The van der Waals surface area contributed by atoms with Gasteiger partial charge >= 0.3 is 0 Å². The Labute approximate surface area is 129 Å². The highest BCUT2D eigenvalue weighted by atomic mass is 32.1. The number of hydrogen-bond donors (Lipinski definition) is 2. The zero-order valence-corrected chi connectivity index (χ0v) is 13.9. The molecule has 2 rings (SSSR count). The number of nitrogen functional groups attached to an aromatic ring is 1. The molecule has 0 fully saturated rings. The van der Waals surface area contributed by atoms with Gasteiger partial charge in [-0.2, -0.15) is 0 Å². The molecule has 0 aliphatic carbocycles. The van der Waals surface area contributed by atoms with Crippen LogP contribution >= 0.6 is 11.3 Å². The second-order valence-corrected chi connectivity index (χ2v) is 6.86. The van der Waals surface area contributed by atoms with Gasteiger partial charge in [0, 0.05) is 16.1 Å². The summed E-state index contributed by atoms with van der Waals surface area (Å²) >= 11 is 1.46. The summed E-state index contributed by atoms with van der Waals surface area (Å²) in [5.41, 5.74) is 7.89. The molecule has 2 aromatic rings. The third-order valence-electron chi connectivity index (χ3n) is 3.47. The van der Waals surface area contributed by atoms with Gasteiger partial charge in [-0.1, -0.05) is 11.6 Å². The number of amides is 1. The van der Waals surface area contributed by atoms with Gasteiger partial charge in [-0.3, -0.25) is 4.79 Å². The second-order valence-electron chi connectivity index (χ2n) is 5.81. The van der Waals surface area contributed by atoms with Crippen LogP contribution in [0.15, 0.2) is 18.2 Å². The molecule has 1 unspecified atom stereocenters. The summed E-state index contributed by atoms with van der Waals surface area (Å²) in [4.78, 5) is 15.1. The Kier molecular flexibility index (Phi) is 4.85. The van der Waals surface area contributed by atoms with Crippen molar-refractivity contribution in [2.45, 2.75) is 26.3 Å². The molecule has 1 heterocycles. The van der Waals surface area contributed by atoms with Crippen LogP contribution in [0.25, 0.3) is 10.1 Å². The van der Waals surface area contributed by atoms with Gasteiger partial charge in [0.2, 0.25) is 0 Å². The predicted octanol–water partition coefficient (Wildman–Crippen LogP) is 2.86. The molecule has 4 nitrogen and oxygen atoms in total. The van der Waals surface area contributed by atoms with Gasteiger partial charge in [0.15, 0.2) is 0 Å². The number of carbonyl (C=O) groups excluding carboxylic acids is 1. The van der Waals surface area contributed by atoms with Crippen LogP contribution in [0.3, 0.4) is 0 Å². The molecule has 5 heteroatoms. The monoisotopic (exact) mass is 305 g/mol. The largest absolute Gasteiger partial charge is 0.397 e. The molecule has 0 bridgehead atoms. The van der Waals surface area contributed by atoms with Gasteiger partial charge in [0.25, 0.3) is 5.91 Å². The molecule has 1 aromatic heterocycles. The van der Waals surface area contributed by atoms with E-state index in [1.807, 2.05) is 46.1 Å². The van der Waals surface area contributed by atoms with E-state index in [2.05, 4.69) is 10.2 Å². The highest BCUT2D eigenvalue weighted by molar-refractivity contribution is 7.21. The van der Waals surface area contributed by atoms with Crippen molar-refractivity contribution < 1.29 is 4.79 Å². The first-order valence-corrected chi connectivity index (χ1v) is 7.94. The standard InChI is InChI=1S/C16H23N3OS/c1-10-5-6-13-12(9-10)14(17)15(21-13)16(20)18-11(2)7-8-19(3)4/h5-6,9,11H,7-8,17H2,1-4H3,(H,18,20). The number of thiophene rings is 1. The van der Waals surface area contributed by atoms with Gasteiger partial charge in [0.1, 0.15) is 4.88 Å². The number of nitrogens with two attached hydrogens (primary N) is 1. The third kappa shape index (κ3) is 3.74. The fraction of sp³-hybridized carbons (Fsp3) is 0.438. The van der Waals surface area contributed by atoms with Gasteiger partial charge in [-0.05, 0) is 53.0 Å². The molecule has 114 valence electrons. The van der Waals surface area contributed by atoms with Crippen molar-refractivity contribution in [1.29, 1.82) is 0 Å². The molecule has 1 amide bonds. The molecule has 3 N–H and O–H groups in total. The summed E-state index contributed by atoms with van der Waals surface area (Å²) in [5.74, 6) is -0.0717. The third-order valence-corrected chi connectivity index (χ3v) is 4.66. The Bertz CT molecular complexity index is 648. The van der Waals surface area contributed by atoms with Crippen LogP contribution < -0.4 is 11.1 Å². The average Bonchev–Trinajstić information content (AvgIpc) is 2.74. The number of benzene rings is 1. The minimum absolute atomic E-state index is 0.0717. The minimum Gasteiger partial charge on any atom is -0.397 e. The van der Waals surface area contributed by atoms with E-state index in [1.54, 1.807) is 0 Å². The lowest BCUT2D eigenvalue weighted by atomic mass is 10.1. The Hall–Kier alpha value is -1.59. The number of nitrogens with zero attached hydrogens (tertiary/aromatic N) is 1. The van der Waals surface area contributed by atoms with Gasteiger partial charge < -0.3 is 16.0 Å². The van der Waals surface area contributed by atoms with Crippen LogP contribution in [0.4, 0.5) is 5.69 Å². The van der Waals surface area contributed by atoms with Crippen molar-refractivity contribution in [1.82, 2.24) is 10.2 Å². The molecule has 0 spiro atoms. The molecule has 1 atom stereocenters. The maximum absolute atomic E-state index is 12.4. The molecule has 0 aliphatic heterocycles. The minimum atomic E-state index is -0.0717. The first-order chi connectivity index (χ1) is 9.88. The molecule has 0 saturated carbocycles. The number of hydrogen-bond acceptors (Lipinski definition) is 4. The lowest BCUT2D eigenvalue weighted by molar-refractivity contribution is 0.0942. The molecular weight excluding hydrogens is 282 g/mol. The van der Waals surface area contributed by atoms with Crippen molar-refractivity contribution in [3.63, 3.8) is 0 Å². The molecular formula is C16H23N3OS. The molecule has 0 aliphatic rings. The summed E-state index contributed by atoms with van der Waals surface area (Å²) in [6.45, 7) is 5.00. The Morgan fingerprint density at radius 1 is 1.43 bits per heavy atom. The van der Waals surface area contributed by atoms with E-state index >= 15 is 0 Å². The van der Waals surface area contributed by atoms with Crippen molar-refractivity contribution in [3.05, 3.63) is 28.6 Å². The van der Waals surface area contributed by atoms with E-state index in [0.29, 0.717) is 10.6 Å². The van der Waals surface area contributed by atoms with E-state index in [1.165, 1.54) is 11.3 Å². The van der Waals surface area contributed by atoms with E-state index in [-0.39, 0.29) is 11.9 Å². The number of carbonyl (C=O) groups is 1. The summed E-state index contributed by atoms with van der Waals surface area (Å²) in [5, 5.41) is 4.01. The number of nitrogens with one attached hydrogen (secondary N) is 1. The van der Waals surface area contributed by atoms with Gasteiger partial charge in [-0.15, -0.1) is 11.3 Å². The topological polar surface area (TPSA) is 58.4 Å². The van der Waals surface area contributed by atoms with Crippen LogP contribution in [0.2, 0.25) is 0 Å². The highest BCUT2D eigenvalue weighted by Gasteiger charge is 2.18. The van der Waals surface area contributed by atoms with Crippen LogP contribution in [-0.4, -0.2) is 37.5 Å². The molecule has 0 saturated heterocycles. The smallest absolute Gasteiger partial charge is 0.263 e. The number of fused-ring (bicyclic) bond motifs is 1. The fourth-order valence-electron chi connectivity index (χ4n) is 2.21. The van der Waals surface area contributed by atoms with E-state index in [0.717, 1.165) is 28.6 Å². The summed E-state index contributed by atoms with van der Waals surface area (Å²) in [7, 11) is 4.06. The van der Waals surface area contributed by atoms with Crippen molar-refractivity contribution in [2.24, 2.45) is 0 Å². The lowest BCUT2D eigenvalue weighted by Crippen LogP contribution is -2.34. The first-order valence-electron chi connectivity index (χ1n) is 7.12. The normalized spacial score (nSPS) is 12.8. The van der Waals surface area contributed by atoms with Crippen LogP contribution in [0.1, 0.15) is 28.6 Å². The van der Waals surface area contributed by atoms with E-state index in [4.69, 9.17) is 5.73 Å². The zero-order chi connectivity index (χ0) is 15.6. The summed E-state index contributed by atoms with van der Waals surface area (Å²) < 4.78 is 1.06. The molecule has 0 radical (unpaired) electrons. The predicted molar refractivity (Wildman–Crippen MR) is 91.1 cm³/mol. The molecule has 21 heavy (non-hydrogen) atoms. The second kappa shape index (κ2) is 6.45. The van der Waals surface area contributed by atoms with Gasteiger partial charge in [0.05, 0.1) is 5.69 Å². The SMILES string of the molecule is Cc1ccc2sc(C(=O)NC(C)CCN(C)C)c(N)c2c1. The van der Waals surface area contributed by atoms with Crippen LogP contribution in [0, 0.1) is 6.92 Å². The van der Waals surface area contributed by atoms with Crippen molar-refractivity contribution in [3.8, 4) is 0 Å². The first kappa shape index (κ1) is 15.8. The van der Waals surface area contributed by atoms with Crippen molar-refractivity contribution in [2.75, 3.05) is 26.4 Å². The quantitative estimate of drug-likeness (QED) is 0.893.